The molecule has 2 fully saturated rings. The van der Waals surface area contributed by atoms with E-state index < -0.39 is 17.7 Å². The maximum absolute atomic E-state index is 14.7. The van der Waals surface area contributed by atoms with E-state index in [-0.39, 0.29) is 37.2 Å². The van der Waals surface area contributed by atoms with E-state index in [0.29, 0.717) is 24.7 Å². The van der Waals surface area contributed by atoms with Crippen molar-refractivity contribution in [2.24, 2.45) is 17.8 Å². The summed E-state index contributed by atoms with van der Waals surface area (Å²) in [7, 11) is 0. The SMILES string of the molecule is C=CCOc1ccc(OCCC(F)(F)C2CCC(C3CCC(C)CO3)CC2)cc1F. The van der Waals surface area contributed by atoms with Crippen LogP contribution in [0, 0.1) is 23.6 Å². The van der Waals surface area contributed by atoms with Crippen molar-refractivity contribution in [3.63, 3.8) is 0 Å². The van der Waals surface area contributed by atoms with Gasteiger partial charge in [0.2, 0.25) is 0 Å². The Morgan fingerprint density at radius 1 is 1.13 bits per heavy atom. The monoisotopic (exact) mass is 426 g/mol. The molecule has 1 saturated carbocycles. The predicted molar refractivity (Wildman–Crippen MR) is 111 cm³/mol. The molecule has 0 spiro atoms. The zero-order chi connectivity index (χ0) is 21.6. The summed E-state index contributed by atoms with van der Waals surface area (Å²) < 4.78 is 59.8. The van der Waals surface area contributed by atoms with Crippen molar-refractivity contribution in [2.45, 2.75) is 63.9 Å². The smallest absolute Gasteiger partial charge is 0.254 e. The van der Waals surface area contributed by atoms with Crippen LogP contribution >= 0.6 is 0 Å². The highest BCUT2D eigenvalue weighted by Gasteiger charge is 2.42. The highest BCUT2D eigenvalue weighted by atomic mass is 19.3. The van der Waals surface area contributed by atoms with Crippen molar-refractivity contribution in [2.75, 3.05) is 19.8 Å². The van der Waals surface area contributed by atoms with Crippen LogP contribution in [0.4, 0.5) is 13.2 Å². The fourth-order valence-corrected chi connectivity index (χ4v) is 4.53. The molecule has 0 bridgehead atoms. The van der Waals surface area contributed by atoms with Gasteiger partial charge in [0.15, 0.2) is 11.6 Å². The first-order chi connectivity index (χ1) is 14.4. The molecule has 0 aromatic heterocycles. The second-order valence-corrected chi connectivity index (χ2v) is 8.72. The first-order valence-corrected chi connectivity index (χ1v) is 11.0. The van der Waals surface area contributed by atoms with Crippen molar-refractivity contribution in [1.82, 2.24) is 0 Å². The van der Waals surface area contributed by atoms with Crippen LogP contribution in [0.2, 0.25) is 0 Å². The van der Waals surface area contributed by atoms with Crippen molar-refractivity contribution in [3.05, 3.63) is 36.7 Å². The Bertz CT molecular complexity index is 678. The Balaban J connectivity index is 1.42. The van der Waals surface area contributed by atoms with E-state index in [4.69, 9.17) is 14.2 Å². The lowest BCUT2D eigenvalue weighted by Gasteiger charge is -2.39. The van der Waals surface area contributed by atoms with Gasteiger partial charge in [-0.05, 0) is 62.5 Å². The van der Waals surface area contributed by atoms with Gasteiger partial charge in [0.05, 0.1) is 12.7 Å². The number of halogens is 3. The molecule has 168 valence electrons. The van der Waals surface area contributed by atoms with Gasteiger partial charge in [-0.2, -0.15) is 0 Å². The van der Waals surface area contributed by atoms with Gasteiger partial charge in [-0.15, -0.1) is 0 Å². The highest BCUT2D eigenvalue weighted by molar-refractivity contribution is 5.33. The molecule has 1 heterocycles. The van der Waals surface area contributed by atoms with Crippen molar-refractivity contribution < 1.29 is 27.4 Å². The topological polar surface area (TPSA) is 27.7 Å². The minimum atomic E-state index is -2.78. The van der Waals surface area contributed by atoms with E-state index in [1.54, 1.807) is 0 Å². The third-order valence-corrected chi connectivity index (χ3v) is 6.40. The maximum atomic E-state index is 14.7. The summed E-state index contributed by atoms with van der Waals surface area (Å²) in [6.07, 6.45) is 6.27. The number of rotatable bonds is 9. The predicted octanol–water partition coefficient (Wildman–Crippen LogP) is 6.42. The zero-order valence-electron chi connectivity index (χ0n) is 17.8. The van der Waals surface area contributed by atoms with Gasteiger partial charge < -0.3 is 14.2 Å². The molecule has 1 aliphatic heterocycles. The van der Waals surface area contributed by atoms with Crippen molar-refractivity contribution in [1.29, 1.82) is 0 Å². The Labute approximate surface area is 177 Å². The normalized spacial score (nSPS) is 27.5. The fraction of sp³-hybridized carbons (Fsp3) is 0.667. The van der Waals surface area contributed by atoms with E-state index in [1.807, 2.05) is 0 Å². The summed E-state index contributed by atoms with van der Waals surface area (Å²) in [6, 6.07) is 4.12. The van der Waals surface area contributed by atoms with E-state index in [0.717, 1.165) is 31.9 Å². The molecule has 0 amide bonds. The van der Waals surface area contributed by atoms with Gasteiger partial charge >= 0.3 is 0 Å². The fourth-order valence-electron chi connectivity index (χ4n) is 4.53. The summed E-state index contributed by atoms with van der Waals surface area (Å²) in [6.45, 7) is 6.53. The summed E-state index contributed by atoms with van der Waals surface area (Å²) in [5.41, 5.74) is 0. The van der Waals surface area contributed by atoms with E-state index >= 15 is 0 Å². The molecule has 1 saturated heterocycles. The van der Waals surface area contributed by atoms with Crippen molar-refractivity contribution >= 4 is 0 Å². The third kappa shape index (κ3) is 6.16. The molecular formula is C24H33F3O3. The molecule has 30 heavy (non-hydrogen) atoms. The molecule has 6 heteroatoms. The van der Waals surface area contributed by atoms with E-state index in [1.165, 1.54) is 24.6 Å². The Hall–Kier alpha value is -1.69. The Morgan fingerprint density at radius 2 is 1.90 bits per heavy atom. The van der Waals surface area contributed by atoms with Gasteiger partial charge in [-0.25, -0.2) is 13.2 Å². The summed E-state index contributed by atoms with van der Waals surface area (Å²) >= 11 is 0. The van der Waals surface area contributed by atoms with E-state index in [2.05, 4.69) is 13.5 Å². The van der Waals surface area contributed by atoms with Gasteiger partial charge in [0.1, 0.15) is 12.4 Å². The Morgan fingerprint density at radius 3 is 2.53 bits per heavy atom. The molecule has 2 atom stereocenters. The molecule has 3 nitrogen and oxygen atoms in total. The van der Waals surface area contributed by atoms with Crippen LogP contribution in [0.25, 0.3) is 0 Å². The van der Waals surface area contributed by atoms with Gasteiger partial charge in [-0.3, -0.25) is 0 Å². The summed E-state index contributed by atoms with van der Waals surface area (Å²) in [4.78, 5) is 0. The van der Waals surface area contributed by atoms with Crippen LogP contribution in [-0.4, -0.2) is 31.8 Å². The molecule has 2 aliphatic rings. The number of hydrogen-bond donors (Lipinski definition) is 0. The number of hydrogen-bond acceptors (Lipinski definition) is 3. The lowest BCUT2D eigenvalue weighted by atomic mass is 9.75. The largest absolute Gasteiger partial charge is 0.493 e. The van der Waals surface area contributed by atoms with Crippen LogP contribution in [-0.2, 0) is 4.74 Å². The average molecular weight is 427 g/mol. The molecule has 2 unspecified atom stereocenters. The molecule has 1 aliphatic carbocycles. The second kappa shape index (κ2) is 10.6. The van der Waals surface area contributed by atoms with Crippen molar-refractivity contribution in [3.8, 4) is 11.5 Å². The number of alkyl halides is 2. The highest BCUT2D eigenvalue weighted by Crippen LogP contribution is 2.43. The summed E-state index contributed by atoms with van der Waals surface area (Å²) in [5, 5.41) is 0. The molecule has 3 rings (SSSR count). The average Bonchev–Trinajstić information content (AvgIpc) is 2.74. The van der Waals surface area contributed by atoms with Crippen LogP contribution in [0.15, 0.2) is 30.9 Å². The lowest BCUT2D eigenvalue weighted by molar-refractivity contribution is -0.104. The first kappa shape index (κ1) is 23.0. The molecule has 1 aromatic carbocycles. The minimum Gasteiger partial charge on any atom is -0.493 e. The van der Waals surface area contributed by atoms with Crippen LogP contribution in [0.3, 0.4) is 0 Å². The standard InChI is InChI=1S/C24H33F3O3/c1-3-13-29-23-11-9-20(15-21(23)25)28-14-12-24(26,27)19-7-5-18(6-8-19)22-10-4-17(2)16-30-22/h3,9,11,15,17-19,22H,1,4-8,10,12-14,16H2,2H3. The third-order valence-electron chi connectivity index (χ3n) is 6.40. The number of benzene rings is 1. The van der Waals surface area contributed by atoms with Gasteiger partial charge in [-0.1, -0.05) is 19.6 Å². The summed E-state index contributed by atoms with van der Waals surface area (Å²) in [5.74, 6) is -2.66. The van der Waals surface area contributed by atoms with Crippen LogP contribution in [0.1, 0.15) is 51.9 Å². The van der Waals surface area contributed by atoms with Crippen LogP contribution < -0.4 is 9.47 Å². The molecule has 1 aromatic rings. The lowest BCUT2D eigenvalue weighted by Crippen LogP contribution is -2.38. The quantitative estimate of drug-likeness (QED) is 0.427. The molecule has 0 N–H and O–H groups in total. The molecule has 0 radical (unpaired) electrons. The first-order valence-electron chi connectivity index (χ1n) is 11.0. The maximum Gasteiger partial charge on any atom is 0.254 e. The number of ether oxygens (including phenoxy) is 3. The Kier molecular flexibility index (Phi) is 8.09. The van der Waals surface area contributed by atoms with Gasteiger partial charge in [0, 0.05) is 25.0 Å². The molecular weight excluding hydrogens is 393 g/mol. The second-order valence-electron chi connectivity index (χ2n) is 8.72. The zero-order valence-corrected chi connectivity index (χ0v) is 17.8. The van der Waals surface area contributed by atoms with E-state index in [9.17, 15) is 13.2 Å². The van der Waals surface area contributed by atoms with Gasteiger partial charge in [0.25, 0.3) is 5.92 Å². The van der Waals surface area contributed by atoms with Crippen LogP contribution in [0.5, 0.6) is 11.5 Å². The minimum absolute atomic E-state index is 0.0840.